The molecule has 2 amide bonds. The van der Waals surface area contributed by atoms with E-state index in [0.717, 1.165) is 11.3 Å². The van der Waals surface area contributed by atoms with Gasteiger partial charge in [0.05, 0.1) is 25.0 Å². The predicted octanol–water partition coefficient (Wildman–Crippen LogP) is 3.90. The van der Waals surface area contributed by atoms with Gasteiger partial charge in [0.15, 0.2) is 0 Å². The maximum Gasteiger partial charge on any atom is 0.409 e. The molecule has 4 rings (SSSR count). The Kier molecular flexibility index (Phi) is 6.92. The third kappa shape index (κ3) is 5.00. The van der Waals surface area contributed by atoms with E-state index in [1.54, 1.807) is 29.8 Å². The number of ether oxygens (including phenoxy) is 2. The summed E-state index contributed by atoms with van der Waals surface area (Å²) >= 11 is 0. The number of piperidine rings is 1. The summed E-state index contributed by atoms with van der Waals surface area (Å²) in [6.45, 7) is 3.24. The molecule has 1 fully saturated rings. The highest BCUT2D eigenvalue weighted by atomic mass is 16.6. The molecule has 0 radical (unpaired) electrons. The molecule has 1 aliphatic heterocycles. The molecule has 33 heavy (non-hydrogen) atoms. The Hall–Kier alpha value is -3.81. The van der Waals surface area contributed by atoms with Gasteiger partial charge in [-0.3, -0.25) is 4.79 Å². The van der Waals surface area contributed by atoms with Crippen molar-refractivity contribution in [3.05, 3.63) is 66.4 Å². The van der Waals surface area contributed by atoms with E-state index in [0.29, 0.717) is 49.5 Å². The van der Waals surface area contributed by atoms with E-state index in [9.17, 15) is 9.59 Å². The average molecular weight is 449 g/mol. The molecule has 0 spiro atoms. The molecule has 0 saturated carbocycles. The van der Waals surface area contributed by atoms with E-state index >= 15 is 0 Å². The number of amides is 2. The topological polar surface area (TPSA) is 85.7 Å². The number of para-hydroxylation sites is 2. The van der Waals surface area contributed by atoms with Crippen molar-refractivity contribution in [1.82, 2.24) is 20.0 Å². The van der Waals surface area contributed by atoms with Crippen LogP contribution in [0.4, 0.5) is 4.79 Å². The molecule has 2 heterocycles. The van der Waals surface area contributed by atoms with Gasteiger partial charge >= 0.3 is 6.09 Å². The normalized spacial score (nSPS) is 14.1. The van der Waals surface area contributed by atoms with Crippen LogP contribution in [0.2, 0.25) is 0 Å². The summed E-state index contributed by atoms with van der Waals surface area (Å²) in [6.07, 6.45) is 2.79. The highest BCUT2D eigenvalue weighted by Crippen LogP contribution is 2.32. The lowest BCUT2D eigenvalue weighted by Gasteiger charge is -2.31. The maximum atomic E-state index is 13.4. The monoisotopic (exact) mass is 448 g/mol. The van der Waals surface area contributed by atoms with Crippen LogP contribution >= 0.6 is 0 Å². The number of likely N-dealkylation sites (tertiary alicyclic amines) is 1. The SMILES string of the molecule is CCOC(=O)N1CCC(NC(=O)c2cn(-c3ccccc3)nc2-c2ccccc2OC)CC1. The Morgan fingerprint density at radius 3 is 2.45 bits per heavy atom. The minimum absolute atomic E-state index is 0.0335. The number of carbonyl (C=O) groups excluding carboxylic acids is 2. The summed E-state index contributed by atoms with van der Waals surface area (Å²) in [5.74, 6) is 0.445. The van der Waals surface area contributed by atoms with E-state index in [4.69, 9.17) is 14.6 Å². The fourth-order valence-electron chi connectivity index (χ4n) is 3.98. The molecular weight excluding hydrogens is 420 g/mol. The molecule has 1 saturated heterocycles. The molecule has 1 N–H and O–H groups in total. The van der Waals surface area contributed by atoms with Crippen LogP contribution in [0.3, 0.4) is 0 Å². The van der Waals surface area contributed by atoms with Crippen molar-refractivity contribution in [2.45, 2.75) is 25.8 Å². The Bertz CT molecular complexity index is 1100. The summed E-state index contributed by atoms with van der Waals surface area (Å²) < 4.78 is 12.3. The quantitative estimate of drug-likeness (QED) is 0.618. The lowest BCUT2D eigenvalue weighted by atomic mass is 10.0. The van der Waals surface area contributed by atoms with Gasteiger partial charge in [0.1, 0.15) is 11.4 Å². The fourth-order valence-corrected chi connectivity index (χ4v) is 3.98. The molecule has 0 atom stereocenters. The highest BCUT2D eigenvalue weighted by Gasteiger charge is 2.27. The number of nitrogens with zero attached hydrogens (tertiary/aromatic N) is 3. The molecule has 3 aromatic rings. The second-order valence-electron chi connectivity index (χ2n) is 7.81. The van der Waals surface area contributed by atoms with Crippen molar-refractivity contribution in [3.8, 4) is 22.7 Å². The molecule has 0 aliphatic carbocycles. The van der Waals surface area contributed by atoms with Crippen LogP contribution in [0.25, 0.3) is 16.9 Å². The van der Waals surface area contributed by atoms with Gasteiger partial charge in [-0.15, -0.1) is 0 Å². The van der Waals surface area contributed by atoms with E-state index in [1.165, 1.54) is 0 Å². The minimum atomic E-state index is -0.301. The number of benzene rings is 2. The molecule has 8 nitrogen and oxygen atoms in total. The lowest BCUT2D eigenvalue weighted by molar-refractivity contribution is 0.0860. The van der Waals surface area contributed by atoms with Crippen LogP contribution in [0.1, 0.15) is 30.1 Å². The van der Waals surface area contributed by atoms with Gasteiger partial charge in [-0.2, -0.15) is 5.10 Å². The zero-order valence-electron chi connectivity index (χ0n) is 18.9. The second kappa shape index (κ2) is 10.2. The van der Waals surface area contributed by atoms with Crippen molar-refractivity contribution in [2.75, 3.05) is 26.8 Å². The Balaban J connectivity index is 1.58. The summed E-state index contributed by atoms with van der Waals surface area (Å²) in [4.78, 5) is 27.0. The van der Waals surface area contributed by atoms with Crippen molar-refractivity contribution in [1.29, 1.82) is 0 Å². The Morgan fingerprint density at radius 2 is 1.76 bits per heavy atom. The summed E-state index contributed by atoms with van der Waals surface area (Å²) in [7, 11) is 1.60. The van der Waals surface area contributed by atoms with Crippen molar-refractivity contribution >= 4 is 12.0 Å². The third-order valence-corrected chi connectivity index (χ3v) is 5.70. The molecule has 1 aromatic heterocycles. The van der Waals surface area contributed by atoms with Crippen LogP contribution in [0.5, 0.6) is 5.75 Å². The van der Waals surface area contributed by atoms with Crippen molar-refractivity contribution in [3.63, 3.8) is 0 Å². The van der Waals surface area contributed by atoms with E-state index in [2.05, 4.69) is 5.32 Å². The number of methoxy groups -OCH3 is 1. The number of carbonyl (C=O) groups is 2. The number of nitrogens with one attached hydrogen (secondary N) is 1. The number of hydrogen-bond acceptors (Lipinski definition) is 5. The van der Waals surface area contributed by atoms with Gasteiger partial charge in [-0.05, 0) is 44.0 Å². The van der Waals surface area contributed by atoms with E-state index in [1.807, 2.05) is 54.6 Å². The summed E-state index contributed by atoms with van der Waals surface area (Å²) in [5.41, 5.74) is 2.63. The van der Waals surface area contributed by atoms with Gasteiger partial charge in [-0.1, -0.05) is 30.3 Å². The van der Waals surface area contributed by atoms with Gasteiger partial charge in [0, 0.05) is 30.9 Å². The van der Waals surface area contributed by atoms with Crippen LogP contribution in [0, 0.1) is 0 Å². The fraction of sp³-hybridized carbons (Fsp3) is 0.320. The largest absolute Gasteiger partial charge is 0.496 e. The third-order valence-electron chi connectivity index (χ3n) is 5.70. The van der Waals surface area contributed by atoms with Gasteiger partial charge in [0.2, 0.25) is 0 Å². The van der Waals surface area contributed by atoms with Crippen LogP contribution < -0.4 is 10.1 Å². The van der Waals surface area contributed by atoms with E-state index < -0.39 is 0 Å². The van der Waals surface area contributed by atoms with Crippen molar-refractivity contribution < 1.29 is 19.1 Å². The first-order valence-corrected chi connectivity index (χ1v) is 11.1. The van der Waals surface area contributed by atoms with Crippen molar-refractivity contribution in [2.24, 2.45) is 0 Å². The first kappa shape index (κ1) is 22.4. The second-order valence-corrected chi connectivity index (χ2v) is 7.81. The molecule has 172 valence electrons. The van der Waals surface area contributed by atoms with Gasteiger partial charge < -0.3 is 19.7 Å². The molecule has 0 unspecified atom stereocenters. The lowest BCUT2D eigenvalue weighted by Crippen LogP contribution is -2.46. The average Bonchev–Trinajstić information content (AvgIpc) is 3.31. The highest BCUT2D eigenvalue weighted by molar-refractivity contribution is 6.00. The number of aromatic nitrogens is 2. The summed E-state index contributed by atoms with van der Waals surface area (Å²) in [5, 5.41) is 7.86. The van der Waals surface area contributed by atoms with Gasteiger partial charge in [0.25, 0.3) is 5.91 Å². The maximum absolute atomic E-state index is 13.4. The summed E-state index contributed by atoms with van der Waals surface area (Å²) in [6, 6.07) is 17.2. The zero-order chi connectivity index (χ0) is 23.2. The number of rotatable bonds is 6. The van der Waals surface area contributed by atoms with Crippen LogP contribution in [0.15, 0.2) is 60.8 Å². The molecular formula is C25H28N4O4. The molecule has 1 aliphatic rings. The van der Waals surface area contributed by atoms with Gasteiger partial charge in [-0.25, -0.2) is 9.48 Å². The minimum Gasteiger partial charge on any atom is -0.496 e. The number of hydrogen-bond donors (Lipinski definition) is 1. The molecule has 2 aromatic carbocycles. The first-order valence-electron chi connectivity index (χ1n) is 11.1. The molecule has 0 bridgehead atoms. The first-order chi connectivity index (χ1) is 16.1. The van der Waals surface area contributed by atoms with Crippen LogP contribution in [-0.2, 0) is 4.74 Å². The van der Waals surface area contributed by atoms with E-state index in [-0.39, 0.29) is 18.0 Å². The predicted molar refractivity (Wildman–Crippen MR) is 125 cm³/mol. The molecule has 8 heteroatoms. The zero-order valence-corrected chi connectivity index (χ0v) is 18.9. The van der Waals surface area contributed by atoms with Crippen LogP contribution in [-0.4, -0.2) is 59.5 Å². The smallest absolute Gasteiger partial charge is 0.409 e. The Labute approximate surface area is 193 Å². The standard InChI is InChI=1S/C25H28N4O4/c1-3-33-25(31)28-15-13-18(14-16-28)26-24(30)21-17-29(19-9-5-4-6-10-19)27-23(21)20-11-7-8-12-22(20)32-2/h4-12,17-18H,3,13-16H2,1-2H3,(H,26,30). The Morgan fingerprint density at radius 1 is 1.06 bits per heavy atom.